The van der Waals surface area contributed by atoms with Crippen LogP contribution in [0.1, 0.15) is 27.7 Å². The summed E-state index contributed by atoms with van der Waals surface area (Å²) < 4.78 is 5.06. The van der Waals surface area contributed by atoms with Gasteiger partial charge in [0.15, 0.2) is 0 Å². The van der Waals surface area contributed by atoms with Crippen LogP contribution < -0.4 is 10.1 Å². The second kappa shape index (κ2) is 5.05. The van der Waals surface area contributed by atoms with E-state index in [2.05, 4.69) is 5.32 Å². The van der Waals surface area contributed by atoms with Crippen molar-refractivity contribution in [3.05, 3.63) is 28.3 Å². The fourth-order valence-corrected chi connectivity index (χ4v) is 1.39. The third kappa shape index (κ3) is 3.35. The molecule has 0 bridgehead atoms. The smallest absolute Gasteiger partial charge is 0.292 e. The van der Waals surface area contributed by atoms with Crippen molar-refractivity contribution in [2.45, 2.75) is 38.8 Å². The normalized spacial score (nSPS) is 12.1. The summed E-state index contributed by atoms with van der Waals surface area (Å²) in [5.41, 5.74) is -1.54. The second-order valence-corrected chi connectivity index (χ2v) is 5.45. The Kier molecular flexibility index (Phi) is 4.05. The first-order valence-corrected chi connectivity index (χ1v) is 5.91. The lowest BCUT2D eigenvalue weighted by Gasteiger charge is -2.38. The molecule has 0 unspecified atom stereocenters. The van der Waals surface area contributed by atoms with Crippen molar-refractivity contribution in [3.8, 4) is 5.75 Å². The Morgan fingerprint density at radius 2 is 1.89 bits per heavy atom. The van der Waals surface area contributed by atoms with Gasteiger partial charge < -0.3 is 15.2 Å². The molecule has 2 N–H and O–H groups in total. The number of nitro groups is 1. The third-order valence-electron chi connectivity index (χ3n) is 3.38. The zero-order valence-electron chi connectivity index (χ0n) is 11.9. The van der Waals surface area contributed by atoms with Crippen LogP contribution in [0.15, 0.2) is 18.2 Å². The monoisotopic (exact) mass is 268 g/mol. The summed E-state index contributed by atoms with van der Waals surface area (Å²) in [6.45, 7) is 6.84. The van der Waals surface area contributed by atoms with E-state index in [1.54, 1.807) is 33.8 Å². The van der Waals surface area contributed by atoms with Crippen molar-refractivity contribution in [1.29, 1.82) is 0 Å². The molecule has 0 saturated heterocycles. The number of anilines is 1. The molecule has 0 aliphatic rings. The molecular weight excluding hydrogens is 248 g/mol. The maximum atomic E-state index is 11.0. The zero-order chi connectivity index (χ0) is 14.8. The van der Waals surface area contributed by atoms with Gasteiger partial charge in [-0.3, -0.25) is 10.1 Å². The average Bonchev–Trinajstić information content (AvgIpc) is 2.26. The number of rotatable bonds is 5. The molecule has 0 aromatic heterocycles. The van der Waals surface area contributed by atoms with Gasteiger partial charge in [-0.1, -0.05) is 0 Å². The molecule has 0 radical (unpaired) electrons. The molecule has 0 aliphatic heterocycles. The summed E-state index contributed by atoms with van der Waals surface area (Å²) >= 11 is 0. The Hall–Kier alpha value is -1.82. The highest BCUT2D eigenvalue weighted by molar-refractivity contribution is 5.65. The zero-order valence-corrected chi connectivity index (χ0v) is 11.9. The topological polar surface area (TPSA) is 84.6 Å². The number of nitrogens with zero attached hydrogens (tertiary/aromatic N) is 1. The molecule has 19 heavy (non-hydrogen) atoms. The summed E-state index contributed by atoms with van der Waals surface area (Å²) in [6, 6.07) is 4.45. The van der Waals surface area contributed by atoms with E-state index in [4.69, 9.17) is 4.74 Å². The van der Waals surface area contributed by atoms with Crippen molar-refractivity contribution in [2.24, 2.45) is 0 Å². The molecule has 0 heterocycles. The van der Waals surface area contributed by atoms with Crippen molar-refractivity contribution in [1.82, 2.24) is 0 Å². The Balaban J connectivity index is 3.21. The van der Waals surface area contributed by atoms with Crippen molar-refractivity contribution in [3.63, 3.8) is 0 Å². The van der Waals surface area contributed by atoms with Crippen LogP contribution in [0, 0.1) is 10.1 Å². The quantitative estimate of drug-likeness (QED) is 0.633. The first kappa shape index (κ1) is 15.2. The molecule has 1 aromatic rings. The van der Waals surface area contributed by atoms with Crippen LogP contribution in [0.4, 0.5) is 11.4 Å². The first-order chi connectivity index (χ1) is 8.58. The summed E-state index contributed by atoms with van der Waals surface area (Å²) in [5.74, 6) is 0.514. The molecule has 0 saturated carbocycles. The standard InChI is InChI=1S/C13H20N2O4/c1-12(2,13(3,4)16)14-10-8-9(19-5)6-7-11(10)15(17)18/h6-8,14,16H,1-5H3. The molecule has 1 rings (SSSR count). The van der Waals surface area contributed by atoms with Gasteiger partial charge in [-0.2, -0.15) is 0 Å². The van der Waals surface area contributed by atoms with Gasteiger partial charge in [0.2, 0.25) is 0 Å². The number of ether oxygens (including phenoxy) is 1. The average molecular weight is 268 g/mol. The minimum atomic E-state index is -1.05. The third-order valence-corrected chi connectivity index (χ3v) is 3.38. The summed E-state index contributed by atoms with van der Waals surface area (Å²) in [7, 11) is 1.49. The van der Waals surface area contributed by atoms with Crippen molar-refractivity contribution < 1.29 is 14.8 Å². The van der Waals surface area contributed by atoms with Gasteiger partial charge in [-0.05, 0) is 33.8 Å². The molecule has 6 heteroatoms. The minimum Gasteiger partial charge on any atom is -0.497 e. The first-order valence-electron chi connectivity index (χ1n) is 5.91. The summed E-state index contributed by atoms with van der Waals surface area (Å²) in [5, 5.41) is 24.1. The fraction of sp³-hybridized carbons (Fsp3) is 0.538. The minimum absolute atomic E-state index is 0.0573. The highest BCUT2D eigenvalue weighted by Gasteiger charge is 2.36. The van der Waals surface area contributed by atoms with Gasteiger partial charge in [0.25, 0.3) is 5.69 Å². The highest BCUT2D eigenvalue weighted by atomic mass is 16.6. The molecule has 0 spiro atoms. The number of nitrogens with one attached hydrogen (secondary N) is 1. The van der Waals surface area contributed by atoms with E-state index in [9.17, 15) is 15.2 Å². The number of benzene rings is 1. The maximum Gasteiger partial charge on any atom is 0.292 e. The maximum absolute atomic E-state index is 11.0. The van der Waals surface area contributed by atoms with E-state index in [1.807, 2.05) is 0 Å². The van der Waals surface area contributed by atoms with E-state index in [0.29, 0.717) is 11.4 Å². The van der Waals surface area contributed by atoms with Crippen LogP contribution in [-0.4, -0.2) is 28.3 Å². The Morgan fingerprint density at radius 1 is 1.32 bits per heavy atom. The summed E-state index contributed by atoms with van der Waals surface area (Å²) in [4.78, 5) is 10.5. The predicted octanol–water partition coefficient (Wildman–Crippen LogP) is 2.56. The van der Waals surface area contributed by atoms with E-state index in [-0.39, 0.29) is 5.69 Å². The Bertz CT molecular complexity index is 478. The number of aliphatic hydroxyl groups is 1. The summed E-state index contributed by atoms with van der Waals surface area (Å²) in [6.07, 6.45) is 0. The van der Waals surface area contributed by atoms with Gasteiger partial charge >= 0.3 is 0 Å². The van der Waals surface area contributed by atoms with E-state index in [1.165, 1.54) is 19.2 Å². The van der Waals surface area contributed by atoms with Crippen LogP contribution >= 0.6 is 0 Å². The van der Waals surface area contributed by atoms with Gasteiger partial charge in [-0.25, -0.2) is 0 Å². The van der Waals surface area contributed by atoms with Gasteiger partial charge in [0.05, 0.1) is 23.2 Å². The molecule has 1 aromatic carbocycles. The van der Waals surface area contributed by atoms with Gasteiger partial charge in [0.1, 0.15) is 11.4 Å². The fourth-order valence-electron chi connectivity index (χ4n) is 1.39. The largest absolute Gasteiger partial charge is 0.497 e. The van der Waals surface area contributed by atoms with Crippen LogP contribution in [0.2, 0.25) is 0 Å². The predicted molar refractivity (Wildman–Crippen MR) is 73.6 cm³/mol. The molecule has 0 atom stereocenters. The Morgan fingerprint density at radius 3 is 2.32 bits per heavy atom. The highest BCUT2D eigenvalue weighted by Crippen LogP contribution is 2.34. The van der Waals surface area contributed by atoms with E-state index < -0.39 is 16.1 Å². The SMILES string of the molecule is COc1ccc([N+](=O)[O-])c(NC(C)(C)C(C)(C)O)c1. The molecule has 0 amide bonds. The lowest BCUT2D eigenvalue weighted by atomic mass is 9.85. The number of nitro benzene ring substituents is 1. The van der Waals surface area contributed by atoms with Gasteiger partial charge in [-0.15, -0.1) is 0 Å². The number of hydrogen-bond donors (Lipinski definition) is 2. The van der Waals surface area contributed by atoms with Crippen molar-refractivity contribution >= 4 is 11.4 Å². The lowest BCUT2D eigenvalue weighted by Crippen LogP contribution is -2.51. The van der Waals surface area contributed by atoms with Crippen LogP contribution in [0.5, 0.6) is 5.75 Å². The number of methoxy groups -OCH3 is 1. The lowest BCUT2D eigenvalue weighted by molar-refractivity contribution is -0.384. The molecule has 0 fully saturated rings. The second-order valence-electron chi connectivity index (χ2n) is 5.45. The van der Waals surface area contributed by atoms with Gasteiger partial charge in [0, 0.05) is 12.1 Å². The van der Waals surface area contributed by atoms with E-state index in [0.717, 1.165) is 0 Å². The number of hydrogen-bond acceptors (Lipinski definition) is 5. The van der Waals surface area contributed by atoms with Crippen LogP contribution in [0.3, 0.4) is 0 Å². The molecule has 106 valence electrons. The van der Waals surface area contributed by atoms with Crippen LogP contribution in [-0.2, 0) is 0 Å². The van der Waals surface area contributed by atoms with Crippen LogP contribution in [0.25, 0.3) is 0 Å². The van der Waals surface area contributed by atoms with Crippen molar-refractivity contribution in [2.75, 3.05) is 12.4 Å². The van der Waals surface area contributed by atoms with E-state index >= 15 is 0 Å². The molecule has 6 nitrogen and oxygen atoms in total. The Labute approximate surface area is 112 Å². The molecular formula is C13H20N2O4. The molecule has 0 aliphatic carbocycles.